The third kappa shape index (κ3) is 1.09. The van der Waals surface area contributed by atoms with Gasteiger partial charge in [0.2, 0.25) is 0 Å². The molecule has 1 heteroatoms. The van der Waals surface area contributed by atoms with Gasteiger partial charge in [0.25, 0.3) is 0 Å². The summed E-state index contributed by atoms with van der Waals surface area (Å²) in [6, 6.07) is 10.1. The van der Waals surface area contributed by atoms with Gasteiger partial charge in [-0.25, -0.2) is 0 Å². The molecular weight excluding hydrogens is 134 g/mol. The Morgan fingerprint density at radius 3 is 3.00 bits per heavy atom. The summed E-state index contributed by atoms with van der Waals surface area (Å²) in [5.74, 6) is 0. The molecule has 0 saturated heterocycles. The summed E-state index contributed by atoms with van der Waals surface area (Å²) >= 11 is 0. The molecule has 1 radical (unpaired) electrons. The Morgan fingerprint density at radius 2 is 2.09 bits per heavy atom. The topological polar surface area (TPSA) is 12.9 Å². The minimum Gasteiger partial charge on any atom is -0.256 e. The molecule has 1 aromatic carbocycles. The van der Waals surface area contributed by atoms with E-state index in [1.54, 1.807) is 6.20 Å². The largest absolute Gasteiger partial charge is 1.00 e. The van der Waals surface area contributed by atoms with Gasteiger partial charge in [-0.3, -0.25) is 4.98 Å². The van der Waals surface area contributed by atoms with Gasteiger partial charge in [-0.1, -0.05) is 18.2 Å². The zero-order valence-electron chi connectivity index (χ0n) is 7.12. The van der Waals surface area contributed by atoms with E-state index >= 15 is 0 Å². The monoisotopic (exact) mass is 143 g/mol. The van der Waals surface area contributed by atoms with Gasteiger partial charge in [-0.2, -0.15) is 0 Å². The van der Waals surface area contributed by atoms with Crippen molar-refractivity contribution in [1.82, 2.24) is 4.98 Å². The Labute approximate surface area is 67.2 Å². The smallest absolute Gasteiger partial charge is 0.256 e. The number of nitrogens with zero attached hydrogens (tertiary/aromatic N) is 1. The van der Waals surface area contributed by atoms with Crippen LogP contribution in [0.15, 0.2) is 36.5 Å². The molecule has 0 bridgehead atoms. The van der Waals surface area contributed by atoms with Crippen molar-refractivity contribution >= 4 is 10.9 Å². The van der Waals surface area contributed by atoms with Gasteiger partial charge in [0.1, 0.15) is 0 Å². The van der Waals surface area contributed by atoms with Crippen LogP contribution >= 0.6 is 0 Å². The molecule has 0 amide bonds. The lowest BCUT2D eigenvalue weighted by Gasteiger charge is -1.95. The maximum atomic E-state index is 4.22. The van der Waals surface area contributed by atoms with Crippen LogP contribution in [-0.4, -0.2) is 4.98 Å². The number of pyridine rings is 1. The second-order valence-corrected chi connectivity index (χ2v) is 2.54. The Kier molecular flexibility index (Phi) is 1.35. The summed E-state index contributed by atoms with van der Waals surface area (Å²) in [5, 5.41) is 1.15. The number of aromatic nitrogens is 1. The number of para-hydroxylation sites is 1. The van der Waals surface area contributed by atoms with Gasteiger partial charge in [-0.05, 0) is 24.6 Å². The van der Waals surface area contributed by atoms with E-state index in [0.29, 0.717) is 0 Å². The van der Waals surface area contributed by atoms with Crippen molar-refractivity contribution in [2.24, 2.45) is 0 Å². The molecule has 2 rings (SSSR count). The first kappa shape index (κ1) is 6.35. The predicted molar refractivity (Wildman–Crippen MR) is 47.3 cm³/mol. The van der Waals surface area contributed by atoms with Gasteiger partial charge in [-0.15, -0.1) is 0 Å². The number of fused-ring (bicyclic) bond motifs is 1. The lowest BCUT2D eigenvalue weighted by Crippen LogP contribution is -1.78. The van der Waals surface area contributed by atoms with Crippen molar-refractivity contribution < 1.29 is 1.43 Å². The summed E-state index contributed by atoms with van der Waals surface area (Å²) in [5.41, 5.74) is 1.99. The molecule has 0 spiro atoms. The highest BCUT2D eigenvalue weighted by Gasteiger charge is 1.91. The predicted octanol–water partition coefficient (Wildman–Crippen LogP) is 2.53. The van der Waals surface area contributed by atoms with E-state index in [4.69, 9.17) is 0 Å². The Balaban J connectivity index is 0.000000720. The average Bonchev–Trinajstić information content (AvgIpc) is 2.04. The van der Waals surface area contributed by atoms with Crippen molar-refractivity contribution in [1.29, 1.82) is 0 Å². The van der Waals surface area contributed by atoms with Gasteiger partial charge in [0.15, 0.2) is 0 Å². The molecule has 0 aliphatic rings. The van der Waals surface area contributed by atoms with Crippen LogP contribution in [0.2, 0.25) is 0 Å². The third-order valence-corrected chi connectivity index (χ3v) is 1.65. The van der Waals surface area contributed by atoms with Crippen LogP contribution < -0.4 is 0 Å². The summed E-state index contributed by atoms with van der Waals surface area (Å²) < 4.78 is 0. The molecule has 0 N–H and O–H groups in total. The fourth-order valence-electron chi connectivity index (χ4n) is 1.12. The first-order valence-corrected chi connectivity index (χ1v) is 3.53. The van der Waals surface area contributed by atoms with Crippen LogP contribution in [0, 0.1) is 6.92 Å². The van der Waals surface area contributed by atoms with Gasteiger partial charge >= 0.3 is 1.43 Å². The molecule has 2 aromatic rings. The van der Waals surface area contributed by atoms with Crippen molar-refractivity contribution in [3.63, 3.8) is 0 Å². The quantitative estimate of drug-likeness (QED) is 0.552. The van der Waals surface area contributed by atoms with E-state index in [-0.39, 0.29) is 1.43 Å². The third-order valence-electron chi connectivity index (χ3n) is 1.65. The fraction of sp³-hybridized carbons (Fsp3) is 0. The summed E-state index contributed by atoms with van der Waals surface area (Å²) in [4.78, 5) is 4.22. The van der Waals surface area contributed by atoms with Crippen molar-refractivity contribution in [3.05, 3.63) is 49.0 Å². The minimum absolute atomic E-state index is 0. The second kappa shape index (κ2) is 2.35. The van der Waals surface area contributed by atoms with E-state index in [9.17, 15) is 0 Å². The highest BCUT2D eigenvalue weighted by Crippen LogP contribution is 2.11. The Morgan fingerprint density at radius 1 is 1.27 bits per heavy atom. The molecular formula is C10H9N+. The zero-order valence-corrected chi connectivity index (χ0v) is 6.12. The summed E-state index contributed by atoms with van der Waals surface area (Å²) in [6.45, 7) is 3.81. The normalized spacial score (nSPS) is 10.3. The van der Waals surface area contributed by atoms with E-state index in [1.807, 2.05) is 30.3 Å². The van der Waals surface area contributed by atoms with Gasteiger partial charge < -0.3 is 0 Å². The Hall–Kier alpha value is -1.37. The number of rotatable bonds is 0. The minimum atomic E-state index is 0. The highest BCUT2D eigenvalue weighted by atomic mass is 14.6. The molecule has 0 saturated carbocycles. The van der Waals surface area contributed by atoms with E-state index < -0.39 is 0 Å². The van der Waals surface area contributed by atoms with Crippen LogP contribution in [0.1, 0.15) is 6.99 Å². The summed E-state index contributed by atoms with van der Waals surface area (Å²) in [7, 11) is 0. The fourth-order valence-corrected chi connectivity index (χ4v) is 1.12. The first-order valence-electron chi connectivity index (χ1n) is 3.53. The number of hydrogen-bond acceptors (Lipinski definition) is 1. The van der Waals surface area contributed by atoms with Crippen LogP contribution in [0.25, 0.3) is 10.9 Å². The van der Waals surface area contributed by atoms with Crippen molar-refractivity contribution in [2.75, 3.05) is 0 Å². The molecule has 0 fully saturated rings. The molecule has 1 aromatic heterocycles. The maximum Gasteiger partial charge on any atom is 1.00 e. The molecule has 0 atom stereocenters. The molecule has 1 heterocycles. The van der Waals surface area contributed by atoms with E-state index in [0.717, 1.165) is 16.5 Å². The highest BCUT2D eigenvalue weighted by molar-refractivity contribution is 5.78. The number of benzene rings is 1. The van der Waals surface area contributed by atoms with Crippen molar-refractivity contribution in [2.45, 2.75) is 0 Å². The first-order chi connectivity index (χ1) is 5.36. The van der Waals surface area contributed by atoms with Gasteiger partial charge in [0, 0.05) is 11.6 Å². The van der Waals surface area contributed by atoms with E-state index in [2.05, 4.69) is 11.9 Å². The molecule has 53 valence electrons. The van der Waals surface area contributed by atoms with Crippen LogP contribution in [0.3, 0.4) is 0 Å². The zero-order chi connectivity index (χ0) is 7.68. The van der Waals surface area contributed by atoms with Crippen LogP contribution in [0.5, 0.6) is 0 Å². The van der Waals surface area contributed by atoms with Crippen LogP contribution in [0.4, 0.5) is 0 Å². The lowest BCUT2D eigenvalue weighted by atomic mass is 10.2. The maximum absolute atomic E-state index is 4.22. The van der Waals surface area contributed by atoms with Crippen LogP contribution in [-0.2, 0) is 0 Å². The molecule has 0 aliphatic heterocycles. The standard InChI is InChI=1S/C10H8N/c1-8-6-9-4-2-3-5-10(9)11-7-8/h2-7H,1H2/p+1. The Bertz CT molecular complexity index is 384. The summed E-state index contributed by atoms with van der Waals surface area (Å²) in [6.07, 6.45) is 1.78. The average molecular weight is 143 g/mol. The molecule has 11 heavy (non-hydrogen) atoms. The molecule has 0 aliphatic carbocycles. The molecule has 1 nitrogen and oxygen atoms in total. The molecule has 0 unspecified atom stereocenters. The van der Waals surface area contributed by atoms with Gasteiger partial charge in [0.05, 0.1) is 5.52 Å². The van der Waals surface area contributed by atoms with E-state index in [1.165, 1.54) is 0 Å². The second-order valence-electron chi connectivity index (χ2n) is 2.54. The number of hydrogen-bond donors (Lipinski definition) is 0. The van der Waals surface area contributed by atoms with Crippen molar-refractivity contribution in [3.8, 4) is 0 Å². The SMILES string of the molecule is [CH2]c1cnc2ccccc2c1.[H+]. The lowest BCUT2D eigenvalue weighted by molar-refractivity contribution is 1.38.